The molecule has 1 rings (SSSR count). The van der Waals surface area contributed by atoms with Gasteiger partial charge in [-0.2, -0.15) is 0 Å². The molecule has 0 amide bonds. The molecule has 0 aliphatic carbocycles. The summed E-state index contributed by atoms with van der Waals surface area (Å²) >= 11 is 0. The molecule has 2 N–H and O–H groups in total. The van der Waals surface area contributed by atoms with Gasteiger partial charge in [0.15, 0.2) is 0 Å². The van der Waals surface area contributed by atoms with Crippen LogP contribution < -0.4 is 5.90 Å². The Morgan fingerprint density at radius 1 is 1.70 bits per heavy atom. The van der Waals surface area contributed by atoms with E-state index in [2.05, 4.69) is 9.82 Å². The van der Waals surface area contributed by atoms with Crippen molar-refractivity contribution in [2.75, 3.05) is 0 Å². The average Bonchev–Trinajstić information content (AvgIpc) is 1.94. The topological polar surface area (TPSA) is 48.1 Å². The second-order valence-electron chi connectivity index (χ2n) is 1.74. The average molecular weight is 142 g/mol. The van der Waals surface area contributed by atoms with Gasteiger partial charge in [0, 0.05) is 6.20 Å². The lowest BCUT2D eigenvalue weighted by Crippen LogP contribution is -2.02. The standard InChI is InChI=1S/C6H7FN2O/c7-5-2-1-3-9-6(5)4-10-8/h1-3H,4,8H2. The zero-order valence-corrected chi connectivity index (χ0v) is 5.25. The lowest BCUT2D eigenvalue weighted by Gasteiger charge is -1.96. The first kappa shape index (κ1) is 7.11. The van der Waals surface area contributed by atoms with Crippen LogP contribution in [0, 0.1) is 5.82 Å². The Hall–Kier alpha value is -1.00. The van der Waals surface area contributed by atoms with E-state index in [-0.39, 0.29) is 12.3 Å². The first-order valence-corrected chi connectivity index (χ1v) is 2.75. The van der Waals surface area contributed by atoms with Gasteiger partial charge in [-0.1, -0.05) is 0 Å². The van der Waals surface area contributed by atoms with Crippen molar-refractivity contribution < 1.29 is 9.23 Å². The van der Waals surface area contributed by atoms with Crippen LogP contribution in [0.2, 0.25) is 0 Å². The first-order chi connectivity index (χ1) is 4.84. The lowest BCUT2D eigenvalue weighted by molar-refractivity contribution is 0.118. The summed E-state index contributed by atoms with van der Waals surface area (Å²) < 4.78 is 12.6. The second-order valence-corrected chi connectivity index (χ2v) is 1.74. The molecule has 1 aromatic heterocycles. The number of nitrogens with zero attached hydrogens (tertiary/aromatic N) is 1. The van der Waals surface area contributed by atoms with Gasteiger partial charge < -0.3 is 0 Å². The highest BCUT2D eigenvalue weighted by Gasteiger charge is 1.99. The molecule has 0 aromatic carbocycles. The van der Waals surface area contributed by atoms with Gasteiger partial charge in [0.1, 0.15) is 18.1 Å². The van der Waals surface area contributed by atoms with E-state index < -0.39 is 5.82 Å². The van der Waals surface area contributed by atoms with Crippen molar-refractivity contribution in [1.29, 1.82) is 0 Å². The maximum atomic E-state index is 12.6. The number of halogens is 1. The predicted molar refractivity (Wildman–Crippen MR) is 33.2 cm³/mol. The molecular formula is C6H7FN2O. The fraction of sp³-hybridized carbons (Fsp3) is 0.167. The van der Waals surface area contributed by atoms with Gasteiger partial charge in [0.2, 0.25) is 0 Å². The van der Waals surface area contributed by atoms with Crippen molar-refractivity contribution in [2.24, 2.45) is 5.90 Å². The van der Waals surface area contributed by atoms with Crippen LogP contribution in [0.25, 0.3) is 0 Å². The zero-order valence-electron chi connectivity index (χ0n) is 5.25. The molecule has 1 heterocycles. The molecule has 0 saturated heterocycles. The van der Waals surface area contributed by atoms with Gasteiger partial charge in [-0.05, 0) is 12.1 Å². The Morgan fingerprint density at radius 2 is 2.50 bits per heavy atom. The van der Waals surface area contributed by atoms with Gasteiger partial charge >= 0.3 is 0 Å². The summed E-state index contributed by atoms with van der Waals surface area (Å²) in [6.45, 7) is 0.00662. The number of hydrogen-bond donors (Lipinski definition) is 1. The van der Waals surface area contributed by atoms with E-state index in [4.69, 9.17) is 5.90 Å². The molecule has 10 heavy (non-hydrogen) atoms. The number of nitrogens with two attached hydrogens (primary N) is 1. The van der Waals surface area contributed by atoms with Crippen molar-refractivity contribution in [3.8, 4) is 0 Å². The largest absolute Gasteiger partial charge is 0.298 e. The van der Waals surface area contributed by atoms with Crippen molar-refractivity contribution in [2.45, 2.75) is 6.61 Å². The molecule has 0 saturated carbocycles. The Labute approximate surface area is 57.6 Å². The molecule has 4 heteroatoms. The van der Waals surface area contributed by atoms with E-state index in [0.717, 1.165) is 0 Å². The summed E-state index contributed by atoms with van der Waals surface area (Å²) in [6.07, 6.45) is 1.48. The summed E-state index contributed by atoms with van der Waals surface area (Å²) in [5, 5.41) is 0. The SMILES string of the molecule is NOCc1ncccc1F. The minimum atomic E-state index is -0.395. The third-order valence-corrected chi connectivity index (χ3v) is 1.05. The maximum Gasteiger partial charge on any atom is 0.147 e. The number of pyridine rings is 1. The van der Waals surface area contributed by atoms with E-state index in [1.807, 2.05) is 0 Å². The summed E-state index contributed by atoms with van der Waals surface area (Å²) in [4.78, 5) is 7.89. The number of rotatable bonds is 2. The number of aromatic nitrogens is 1. The monoisotopic (exact) mass is 142 g/mol. The van der Waals surface area contributed by atoms with Gasteiger partial charge in [0.05, 0.1) is 0 Å². The molecule has 0 radical (unpaired) electrons. The predicted octanol–water partition coefficient (Wildman–Crippen LogP) is 0.611. The van der Waals surface area contributed by atoms with Crippen LogP contribution in [0.4, 0.5) is 4.39 Å². The van der Waals surface area contributed by atoms with Crippen LogP contribution in [0.3, 0.4) is 0 Å². The normalized spacial score (nSPS) is 9.80. The molecule has 0 aliphatic heterocycles. The van der Waals surface area contributed by atoms with Gasteiger partial charge in [-0.25, -0.2) is 10.3 Å². The maximum absolute atomic E-state index is 12.6. The van der Waals surface area contributed by atoms with Crippen LogP contribution in [0.5, 0.6) is 0 Å². The van der Waals surface area contributed by atoms with Crippen molar-refractivity contribution in [3.63, 3.8) is 0 Å². The molecule has 0 aliphatic rings. The highest BCUT2D eigenvalue weighted by Crippen LogP contribution is 2.01. The van der Waals surface area contributed by atoms with Crippen LogP contribution in [0.1, 0.15) is 5.69 Å². The molecule has 0 fully saturated rings. The van der Waals surface area contributed by atoms with Crippen molar-refractivity contribution >= 4 is 0 Å². The minimum Gasteiger partial charge on any atom is -0.298 e. The van der Waals surface area contributed by atoms with Crippen LogP contribution >= 0.6 is 0 Å². The molecular weight excluding hydrogens is 135 g/mol. The zero-order chi connectivity index (χ0) is 7.40. The molecule has 3 nitrogen and oxygen atoms in total. The Morgan fingerprint density at radius 3 is 3.10 bits per heavy atom. The summed E-state index contributed by atoms with van der Waals surface area (Å²) in [5.41, 5.74) is 0.227. The van der Waals surface area contributed by atoms with E-state index >= 15 is 0 Å². The van der Waals surface area contributed by atoms with E-state index in [1.54, 1.807) is 0 Å². The van der Waals surface area contributed by atoms with Crippen LogP contribution in [-0.2, 0) is 11.4 Å². The van der Waals surface area contributed by atoms with E-state index in [9.17, 15) is 4.39 Å². The highest BCUT2D eigenvalue weighted by atomic mass is 19.1. The lowest BCUT2D eigenvalue weighted by atomic mass is 10.3. The van der Waals surface area contributed by atoms with E-state index in [0.29, 0.717) is 0 Å². The van der Waals surface area contributed by atoms with Crippen molar-refractivity contribution in [1.82, 2.24) is 4.98 Å². The van der Waals surface area contributed by atoms with Gasteiger partial charge in [0.25, 0.3) is 0 Å². The Kier molecular flexibility index (Phi) is 2.30. The molecule has 0 bridgehead atoms. The summed E-state index contributed by atoms with van der Waals surface area (Å²) in [6, 6.07) is 2.82. The molecule has 0 atom stereocenters. The van der Waals surface area contributed by atoms with Crippen LogP contribution in [-0.4, -0.2) is 4.98 Å². The number of hydrogen-bond acceptors (Lipinski definition) is 3. The Balaban J connectivity index is 2.81. The molecule has 0 spiro atoms. The molecule has 54 valence electrons. The van der Waals surface area contributed by atoms with Crippen molar-refractivity contribution in [3.05, 3.63) is 29.8 Å². The summed E-state index contributed by atoms with van der Waals surface area (Å²) in [7, 11) is 0. The fourth-order valence-electron chi connectivity index (χ4n) is 0.604. The fourth-order valence-corrected chi connectivity index (χ4v) is 0.604. The van der Waals surface area contributed by atoms with Crippen LogP contribution in [0.15, 0.2) is 18.3 Å². The Bertz CT molecular complexity index is 217. The first-order valence-electron chi connectivity index (χ1n) is 2.75. The second kappa shape index (κ2) is 3.24. The van der Waals surface area contributed by atoms with Gasteiger partial charge in [-0.3, -0.25) is 9.82 Å². The quantitative estimate of drug-likeness (QED) is 0.615. The smallest absolute Gasteiger partial charge is 0.147 e. The highest BCUT2D eigenvalue weighted by molar-refractivity contribution is 5.05. The van der Waals surface area contributed by atoms with E-state index in [1.165, 1.54) is 18.3 Å². The summed E-state index contributed by atoms with van der Waals surface area (Å²) in [5.74, 6) is 4.33. The van der Waals surface area contributed by atoms with Gasteiger partial charge in [-0.15, -0.1) is 0 Å². The third kappa shape index (κ3) is 1.49. The molecule has 0 unspecified atom stereocenters. The third-order valence-electron chi connectivity index (χ3n) is 1.05. The minimum absolute atomic E-state index is 0.00662. The molecule has 1 aromatic rings.